The Labute approximate surface area is 383 Å². The molecule has 0 radical (unpaired) electrons. The molecule has 2 aliphatic heterocycles. The number of aldehydes is 1. The van der Waals surface area contributed by atoms with Gasteiger partial charge in [0.1, 0.15) is 17.5 Å². The van der Waals surface area contributed by atoms with Gasteiger partial charge in [-0.15, -0.1) is 0 Å². The summed E-state index contributed by atoms with van der Waals surface area (Å²) < 4.78 is 32.8. The van der Waals surface area contributed by atoms with Gasteiger partial charge in [-0.25, -0.2) is 9.59 Å². The second-order valence-electron chi connectivity index (χ2n) is 19.1. The Morgan fingerprint density at radius 3 is 1.50 bits per heavy atom. The monoisotopic (exact) mass is 903 g/mol. The van der Waals surface area contributed by atoms with Gasteiger partial charge in [-0.1, -0.05) is 74.5 Å². The topological polar surface area (TPSA) is 209 Å². The summed E-state index contributed by atoms with van der Waals surface area (Å²) in [6.07, 6.45) is 3.78. The maximum absolute atomic E-state index is 12.3. The van der Waals surface area contributed by atoms with Crippen molar-refractivity contribution in [2.45, 2.75) is 161 Å². The number of nitrogens with two attached hydrogens (primary N) is 1. The largest absolute Gasteiger partial charge is 0.444 e. The quantitative estimate of drug-likeness (QED) is 0.0746. The van der Waals surface area contributed by atoms with Crippen molar-refractivity contribution in [1.29, 1.82) is 0 Å². The fraction of sp³-hybridized carbons (Fsp3) is 0.694. The average molecular weight is 903 g/mol. The normalized spacial score (nSPS) is 18.3. The molecule has 2 aromatic carbocycles. The van der Waals surface area contributed by atoms with Crippen LogP contribution < -0.4 is 21.7 Å². The number of carbonyl (C=O) groups is 3. The zero-order valence-electron chi connectivity index (χ0n) is 40.4. The second kappa shape index (κ2) is 28.4. The smallest absolute Gasteiger partial charge is 0.407 e. The number of benzene rings is 2. The van der Waals surface area contributed by atoms with E-state index in [1.54, 1.807) is 20.8 Å². The SMILES string of the molecule is CC(C)(C)OC(=O)N[C@@H](Cc1ccccc1)[C@H](O)CN.CC(CCC1(C)OCCO1)CNC[C@@H](O)[C@H](Cc1ccccc1)NC(=O)OC(C)(C)C.CCC(C=O)CCC1(C)OCCO1. The number of alkyl carbamates (subject to hydrolysis) is 2. The maximum Gasteiger partial charge on any atom is 0.407 e. The van der Waals surface area contributed by atoms with Crippen molar-refractivity contribution in [1.82, 2.24) is 16.0 Å². The number of nitrogens with one attached hydrogen (secondary N) is 3. The molecule has 2 unspecified atom stereocenters. The first kappa shape index (κ1) is 56.5. The van der Waals surface area contributed by atoms with E-state index < -0.39 is 59.3 Å². The molecule has 2 aliphatic rings. The van der Waals surface area contributed by atoms with Gasteiger partial charge in [0.15, 0.2) is 11.6 Å². The molecule has 15 heteroatoms. The minimum atomic E-state index is -0.817. The van der Waals surface area contributed by atoms with E-state index in [1.165, 1.54) is 0 Å². The van der Waals surface area contributed by atoms with E-state index in [2.05, 4.69) is 22.9 Å². The first-order chi connectivity index (χ1) is 30.1. The van der Waals surface area contributed by atoms with Crippen molar-refractivity contribution in [3.8, 4) is 0 Å². The van der Waals surface area contributed by atoms with E-state index in [0.717, 1.165) is 56.1 Å². The molecule has 0 saturated carbocycles. The molecule has 364 valence electrons. The lowest BCUT2D eigenvalue weighted by atomic mass is 9.99. The molecule has 15 nitrogen and oxygen atoms in total. The van der Waals surface area contributed by atoms with Gasteiger partial charge in [0.25, 0.3) is 0 Å². The molecule has 2 amide bonds. The maximum atomic E-state index is 12.3. The summed E-state index contributed by atoms with van der Waals surface area (Å²) in [6, 6.07) is 18.5. The van der Waals surface area contributed by atoms with Crippen LogP contribution in [0.1, 0.15) is 112 Å². The van der Waals surface area contributed by atoms with Crippen LogP contribution in [-0.4, -0.2) is 122 Å². The number of ether oxygens (including phenoxy) is 6. The van der Waals surface area contributed by atoms with Crippen LogP contribution in [-0.2, 0) is 46.1 Å². The van der Waals surface area contributed by atoms with Crippen LogP contribution in [0.25, 0.3) is 0 Å². The summed E-state index contributed by atoms with van der Waals surface area (Å²) >= 11 is 0. The molecule has 6 atom stereocenters. The van der Waals surface area contributed by atoms with Crippen molar-refractivity contribution < 1.29 is 53.0 Å². The molecule has 0 bridgehead atoms. The molecule has 2 saturated heterocycles. The van der Waals surface area contributed by atoms with Gasteiger partial charge in [0.2, 0.25) is 0 Å². The Morgan fingerprint density at radius 1 is 0.719 bits per heavy atom. The summed E-state index contributed by atoms with van der Waals surface area (Å²) in [5.74, 6) is -0.338. The Hall–Kier alpha value is -3.67. The first-order valence-electron chi connectivity index (χ1n) is 22.9. The molecule has 0 spiro atoms. The zero-order chi connectivity index (χ0) is 47.8. The zero-order valence-corrected chi connectivity index (χ0v) is 40.4. The van der Waals surface area contributed by atoms with Gasteiger partial charge in [-0.2, -0.15) is 0 Å². The molecule has 2 aromatic rings. The lowest BCUT2D eigenvalue weighted by molar-refractivity contribution is -0.149. The molecular weight excluding hydrogens is 821 g/mol. The Kier molecular flexibility index (Phi) is 25.0. The van der Waals surface area contributed by atoms with Gasteiger partial charge in [0, 0.05) is 31.8 Å². The molecule has 0 aromatic heterocycles. The number of aliphatic hydroxyl groups excluding tert-OH is 2. The summed E-state index contributed by atoms with van der Waals surface area (Å²) in [7, 11) is 0. The highest BCUT2D eigenvalue weighted by Crippen LogP contribution is 2.27. The third-order valence-corrected chi connectivity index (χ3v) is 10.6. The van der Waals surface area contributed by atoms with Gasteiger partial charge in [0.05, 0.1) is 50.7 Å². The first-order valence-corrected chi connectivity index (χ1v) is 22.9. The van der Waals surface area contributed by atoms with Crippen LogP contribution in [0.4, 0.5) is 9.59 Å². The van der Waals surface area contributed by atoms with E-state index in [-0.39, 0.29) is 12.5 Å². The number of rotatable bonds is 21. The van der Waals surface area contributed by atoms with Crippen LogP contribution >= 0.6 is 0 Å². The van der Waals surface area contributed by atoms with Gasteiger partial charge in [-0.3, -0.25) is 0 Å². The molecule has 64 heavy (non-hydrogen) atoms. The molecular formula is C49H82N4O11. The average Bonchev–Trinajstić information content (AvgIpc) is 3.88. The van der Waals surface area contributed by atoms with Crippen molar-refractivity contribution in [3.05, 3.63) is 71.8 Å². The lowest BCUT2D eigenvalue weighted by Gasteiger charge is -2.28. The van der Waals surface area contributed by atoms with Crippen LogP contribution in [0.3, 0.4) is 0 Å². The third-order valence-electron chi connectivity index (χ3n) is 10.6. The standard InChI is InChI=1S/C24H40N2O5.C15H24N2O3.C10H18O3/c1-18(11-12-24(5)29-13-14-30-24)16-25-17-21(27)20(15-19-9-7-6-8-10-19)26-22(28)31-23(2,3)4;1-15(2,3)20-14(19)17-12(13(18)10-16)9-11-7-5-4-6-8-11;1-3-9(8-11)4-5-10(2)12-6-7-13-10/h6-10,18,20-21,25,27H,11-17H2,1-5H3,(H,26,28);4-8,12-13,18H,9-10,16H2,1-3H3,(H,17,19);8-9H,3-7H2,1-2H3/t18?,20-,21+;12-,13+;/m00./s1. The number of hydrogen-bond donors (Lipinski definition) is 6. The van der Waals surface area contributed by atoms with E-state index in [1.807, 2.05) is 102 Å². The van der Waals surface area contributed by atoms with Gasteiger partial charge in [-0.05, 0) is 111 Å². The molecule has 2 fully saturated rings. The Balaban J connectivity index is 0.000000364. The summed E-state index contributed by atoms with van der Waals surface area (Å²) in [6.45, 7) is 22.8. The third kappa shape index (κ3) is 24.6. The number of carbonyl (C=O) groups excluding carboxylic acids is 3. The molecule has 2 heterocycles. The number of amides is 2. The van der Waals surface area contributed by atoms with Crippen molar-refractivity contribution in [2.24, 2.45) is 17.6 Å². The summed E-state index contributed by atoms with van der Waals surface area (Å²) in [5.41, 5.74) is 6.38. The fourth-order valence-electron chi connectivity index (χ4n) is 6.83. The highest BCUT2D eigenvalue weighted by molar-refractivity contribution is 5.68. The highest BCUT2D eigenvalue weighted by Gasteiger charge is 2.32. The minimum Gasteiger partial charge on any atom is -0.444 e. The number of aliphatic hydroxyl groups is 2. The Morgan fingerprint density at radius 2 is 1.12 bits per heavy atom. The van der Waals surface area contributed by atoms with E-state index in [4.69, 9.17) is 34.2 Å². The van der Waals surface area contributed by atoms with Crippen molar-refractivity contribution in [3.63, 3.8) is 0 Å². The minimum absolute atomic E-state index is 0.0767. The van der Waals surface area contributed by atoms with Crippen LogP contribution in [0.5, 0.6) is 0 Å². The molecule has 0 aliphatic carbocycles. The predicted octanol–water partition coefficient (Wildman–Crippen LogP) is 6.45. The van der Waals surface area contributed by atoms with Crippen LogP contribution in [0.15, 0.2) is 60.7 Å². The van der Waals surface area contributed by atoms with Gasteiger partial charge < -0.3 is 65.1 Å². The fourth-order valence-corrected chi connectivity index (χ4v) is 6.83. The van der Waals surface area contributed by atoms with Crippen LogP contribution in [0.2, 0.25) is 0 Å². The highest BCUT2D eigenvalue weighted by atomic mass is 16.7. The van der Waals surface area contributed by atoms with E-state index >= 15 is 0 Å². The second-order valence-corrected chi connectivity index (χ2v) is 19.1. The van der Waals surface area contributed by atoms with Crippen molar-refractivity contribution >= 4 is 18.5 Å². The number of hydrogen-bond acceptors (Lipinski definition) is 13. The lowest BCUT2D eigenvalue weighted by Crippen LogP contribution is -2.50. The Bertz CT molecular complexity index is 1580. The predicted molar refractivity (Wildman–Crippen MR) is 249 cm³/mol. The molecule has 4 rings (SSSR count). The van der Waals surface area contributed by atoms with Gasteiger partial charge >= 0.3 is 12.2 Å². The van der Waals surface area contributed by atoms with Crippen LogP contribution in [0, 0.1) is 11.8 Å². The van der Waals surface area contributed by atoms with Crippen molar-refractivity contribution in [2.75, 3.05) is 46.1 Å². The molecule has 7 N–H and O–H groups in total. The van der Waals surface area contributed by atoms with E-state index in [9.17, 15) is 24.6 Å². The van der Waals surface area contributed by atoms with E-state index in [0.29, 0.717) is 51.7 Å². The summed E-state index contributed by atoms with van der Waals surface area (Å²) in [5, 5.41) is 29.6. The summed E-state index contributed by atoms with van der Waals surface area (Å²) in [4.78, 5) is 34.7.